The van der Waals surface area contributed by atoms with Crippen molar-refractivity contribution in [3.63, 3.8) is 0 Å². The van der Waals surface area contributed by atoms with Gasteiger partial charge in [-0.3, -0.25) is 4.55 Å². The largest absolute Gasteiger partial charge is 0.368 e. The van der Waals surface area contributed by atoms with E-state index in [1.165, 1.54) is 19.3 Å². The van der Waals surface area contributed by atoms with Crippen LogP contribution in [0, 0.1) is 0 Å². The molecular formula is C12H24NNaO3S. The Kier molecular flexibility index (Phi) is 15.5. The third-order valence-electron chi connectivity index (χ3n) is 2.25. The summed E-state index contributed by atoms with van der Waals surface area (Å²) < 4.78 is 28.9. The van der Waals surface area contributed by atoms with Gasteiger partial charge in [0, 0.05) is 12.4 Å². The van der Waals surface area contributed by atoms with Crippen LogP contribution in [0.4, 0.5) is 0 Å². The van der Waals surface area contributed by atoms with Gasteiger partial charge in [-0.2, -0.15) is 8.42 Å². The van der Waals surface area contributed by atoms with Crippen molar-refractivity contribution in [3.05, 3.63) is 24.5 Å². The standard InChI is InChI=1S/C8H18O3S.C4H5N.Na.H/c1-2-3-4-5-6-7-8-12(9,10)11;1-2-4-5-3-1;;/h2-8H2,1H3,(H,9,10,11);1-5H;;. The quantitative estimate of drug-likeness (QED) is 0.459. The first-order chi connectivity index (χ1) is 8.06. The minimum Gasteiger partial charge on any atom is -0.368 e. The van der Waals surface area contributed by atoms with Crippen molar-refractivity contribution in [2.75, 3.05) is 5.75 Å². The predicted molar refractivity (Wildman–Crippen MR) is 77.7 cm³/mol. The number of aromatic amines is 1. The molecule has 0 aliphatic rings. The van der Waals surface area contributed by atoms with Gasteiger partial charge in [-0.25, -0.2) is 0 Å². The van der Waals surface area contributed by atoms with Gasteiger partial charge < -0.3 is 4.98 Å². The molecule has 0 saturated heterocycles. The van der Waals surface area contributed by atoms with Gasteiger partial charge in [-0.05, 0) is 18.6 Å². The second-order valence-electron chi connectivity index (χ2n) is 3.94. The Bertz CT molecular complexity index is 321. The van der Waals surface area contributed by atoms with Crippen molar-refractivity contribution in [1.82, 2.24) is 4.98 Å². The van der Waals surface area contributed by atoms with Crippen LogP contribution in [-0.4, -0.2) is 53.3 Å². The summed E-state index contributed by atoms with van der Waals surface area (Å²) in [5.74, 6) is -0.0842. The summed E-state index contributed by atoms with van der Waals surface area (Å²) in [6.07, 6.45) is 9.89. The third-order valence-corrected chi connectivity index (χ3v) is 3.06. The number of hydrogen-bond donors (Lipinski definition) is 2. The van der Waals surface area contributed by atoms with Gasteiger partial charge in [-0.15, -0.1) is 0 Å². The van der Waals surface area contributed by atoms with E-state index in [9.17, 15) is 8.42 Å². The van der Waals surface area contributed by atoms with E-state index in [1.54, 1.807) is 0 Å². The van der Waals surface area contributed by atoms with Gasteiger partial charge in [0.2, 0.25) is 0 Å². The van der Waals surface area contributed by atoms with E-state index in [0.29, 0.717) is 6.42 Å². The Balaban J connectivity index is 0. The van der Waals surface area contributed by atoms with E-state index in [-0.39, 0.29) is 35.3 Å². The van der Waals surface area contributed by atoms with Crippen LogP contribution < -0.4 is 0 Å². The fourth-order valence-corrected chi connectivity index (χ4v) is 1.91. The summed E-state index contributed by atoms with van der Waals surface area (Å²) in [6, 6.07) is 3.89. The molecule has 0 unspecified atom stereocenters. The van der Waals surface area contributed by atoms with Crippen LogP contribution in [0.3, 0.4) is 0 Å². The summed E-state index contributed by atoms with van der Waals surface area (Å²) in [5.41, 5.74) is 0. The second kappa shape index (κ2) is 13.6. The van der Waals surface area contributed by atoms with Crippen LogP contribution in [0.5, 0.6) is 0 Å². The Morgan fingerprint density at radius 2 is 1.50 bits per heavy atom. The first-order valence-corrected chi connectivity index (χ1v) is 7.70. The smallest absolute Gasteiger partial charge is 0.000496 e. The van der Waals surface area contributed by atoms with Crippen LogP contribution in [0.2, 0.25) is 0 Å². The summed E-state index contributed by atoms with van der Waals surface area (Å²) in [6.45, 7) is 2.14. The summed E-state index contributed by atoms with van der Waals surface area (Å²) in [7, 11) is -3.72. The third kappa shape index (κ3) is 18.6. The molecule has 18 heavy (non-hydrogen) atoms. The van der Waals surface area contributed by atoms with Crippen LogP contribution >= 0.6 is 0 Å². The monoisotopic (exact) mass is 285 g/mol. The molecule has 0 radical (unpaired) electrons. The molecule has 0 amide bonds. The topological polar surface area (TPSA) is 70.2 Å². The van der Waals surface area contributed by atoms with Gasteiger partial charge in [0.15, 0.2) is 0 Å². The number of aromatic nitrogens is 1. The number of H-pyrrole nitrogens is 1. The first-order valence-electron chi connectivity index (χ1n) is 6.09. The SMILES string of the molecule is CCCCCCCCS(=O)(=O)O.[NaH].c1cc[nH]c1. The van der Waals surface area contributed by atoms with E-state index < -0.39 is 10.1 Å². The molecule has 6 heteroatoms. The van der Waals surface area contributed by atoms with E-state index in [0.717, 1.165) is 12.8 Å². The average Bonchev–Trinajstić information content (AvgIpc) is 2.80. The zero-order valence-corrected chi connectivity index (χ0v) is 11.2. The molecule has 1 aromatic heterocycles. The Morgan fingerprint density at radius 1 is 1.00 bits per heavy atom. The van der Waals surface area contributed by atoms with Gasteiger partial charge in [0.25, 0.3) is 10.1 Å². The van der Waals surface area contributed by atoms with Crippen LogP contribution in [0.15, 0.2) is 24.5 Å². The molecule has 0 bridgehead atoms. The minimum absolute atomic E-state index is 0. The van der Waals surface area contributed by atoms with E-state index in [4.69, 9.17) is 4.55 Å². The fourth-order valence-electron chi connectivity index (χ4n) is 1.34. The van der Waals surface area contributed by atoms with E-state index >= 15 is 0 Å². The minimum atomic E-state index is -3.72. The molecule has 1 rings (SSSR count). The second-order valence-corrected chi connectivity index (χ2v) is 5.51. The molecule has 2 N–H and O–H groups in total. The van der Waals surface area contributed by atoms with Crippen molar-refractivity contribution in [3.8, 4) is 0 Å². The van der Waals surface area contributed by atoms with Crippen LogP contribution in [0.1, 0.15) is 45.4 Å². The van der Waals surface area contributed by atoms with Crippen molar-refractivity contribution >= 4 is 39.7 Å². The average molecular weight is 285 g/mol. The molecule has 102 valence electrons. The molecule has 0 aliphatic heterocycles. The maximum Gasteiger partial charge on any atom is 0.000496 e. The number of nitrogens with one attached hydrogen (secondary N) is 1. The maximum absolute atomic E-state index is 10.3. The Morgan fingerprint density at radius 3 is 1.89 bits per heavy atom. The number of hydrogen-bond acceptors (Lipinski definition) is 2. The van der Waals surface area contributed by atoms with E-state index in [2.05, 4.69) is 11.9 Å². The maximum atomic E-state index is 10.3. The Hall–Kier alpha value is 0.190. The van der Waals surface area contributed by atoms with Gasteiger partial charge >= 0.3 is 29.6 Å². The summed E-state index contributed by atoms with van der Waals surface area (Å²) in [5, 5.41) is 0. The number of rotatable bonds is 7. The molecule has 0 spiro atoms. The van der Waals surface area contributed by atoms with Crippen molar-refractivity contribution in [2.45, 2.75) is 45.4 Å². The Labute approximate surface area is 133 Å². The normalized spacial score (nSPS) is 10.1. The van der Waals surface area contributed by atoms with Gasteiger partial charge in [0.05, 0.1) is 5.75 Å². The molecule has 0 aliphatic carbocycles. The van der Waals surface area contributed by atoms with Crippen LogP contribution in [-0.2, 0) is 10.1 Å². The van der Waals surface area contributed by atoms with E-state index in [1.807, 2.05) is 24.5 Å². The molecule has 1 heterocycles. The molecular weight excluding hydrogens is 261 g/mol. The molecule has 0 saturated carbocycles. The zero-order valence-electron chi connectivity index (χ0n) is 10.4. The van der Waals surface area contributed by atoms with Crippen LogP contribution in [0.25, 0.3) is 0 Å². The predicted octanol–water partition coefficient (Wildman–Crippen LogP) is 2.60. The molecule has 4 nitrogen and oxygen atoms in total. The van der Waals surface area contributed by atoms with Gasteiger partial charge in [-0.1, -0.05) is 39.0 Å². The zero-order chi connectivity index (χ0) is 13.0. The summed E-state index contributed by atoms with van der Waals surface area (Å²) >= 11 is 0. The first kappa shape index (κ1) is 20.5. The molecule has 0 aromatic carbocycles. The molecule has 0 atom stereocenters. The molecule has 0 fully saturated rings. The fraction of sp³-hybridized carbons (Fsp3) is 0.667. The van der Waals surface area contributed by atoms with Crippen molar-refractivity contribution < 1.29 is 13.0 Å². The summed E-state index contributed by atoms with van der Waals surface area (Å²) in [4.78, 5) is 2.86. The van der Waals surface area contributed by atoms with Crippen molar-refractivity contribution in [1.29, 1.82) is 0 Å². The molecule has 1 aromatic rings. The number of unbranched alkanes of at least 4 members (excludes halogenated alkanes) is 5. The van der Waals surface area contributed by atoms with Crippen molar-refractivity contribution in [2.24, 2.45) is 0 Å². The van der Waals surface area contributed by atoms with Gasteiger partial charge in [0.1, 0.15) is 0 Å².